The summed E-state index contributed by atoms with van der Waals surface area (Å²) in [5.74, 6) is 1.15. The Morgan fingerprint density at radius 2 is 2.17 bits per heavy atom. The molecule has 7 nitrogen and oxygen atoms in total. The van der Waals surface area contributed by atoms with Crippen LogP contribution in [0.15, 0.2) is 59.8 Å². The number of nitrogens with one attached hydrogen (secondary N) is 1. The first kappa shape index (κ1) is 14.7. The van der Waals surface area contributed by atoms with Crippen LogP contribution in [0.1, 0.15) is 0 Å². The van der Waals surface area contributed by atoms with Crippen LogP contribution >= 0.6 is 11.8 Å². The smallest absolute Gasteiger partial charge is 0.266 e. The van der Waals surface area contributed by atoms with Crippen molar-refractivity contribution in [2.45, 2.75) is 11.0 Å². The third kappa shape index (κ3) is 2.95. The number of aromatic nitrogens is 4. The summed E-state index contributed by atoms with van der Waals surface area (Å²) in [7, 11) is 0. The van der Waals surface area contributed by atoms with Crippen LogP contribution in [0.3, 0.4) is 0 Å². The third-order valence-corrected chi connectivity index (χ3v) is 4.65. The van der Waals surface area contributed by atoms with Crippen LogP contribution in [-0.2, 0) is 4.79 Å². The zero-order valence-corrected chi connectivity index (χ0v) is 13.3. The van der Waals surface area contributed by atoms with Gasteiger partial charge in [0, 0.05) is 16.3 Å². The predicted molar refractivity (Wildman–Crippen MR) is 89.4 cm³/mol. The van der Waals surface area contributed by atoms with E-state index in [1.807, 2.05) is 42.5 Å². The minimum Gasteiger partial charge on any atom is -0.479 e. The molecule has 24 heavy (non-hydrogen) atoms. The van der Waals surface area contributed by atoms with Crippen molar-refractivity contribution in [1.29, 1.82) is 0 Å². The lowest BCUT2D eigenvalue weighted by molar-refractivity contribution is -0.122. The molecule has 0 radical (unpaired) electrons. The second-order valence-electron chi connectivity index (χ2n) is 5.16. The average Bonchev–Trinajstić information content (AvgIpc) is 3.16. The Hall–Kier alpha value is -2.87. The van der Waals surface area contributed by atoms with Crippen LogP contribution in [-0.4, -0.2) is 38.0 Å². The number of rotatable bonds is 3. The molecule has 4 rings (SSSR count). The Morgan fingerprint density at radius 1 is 1.25 bits per heavy atom. The van der Waals surface area contributed by atoms with Gasteiger partial charge in [0.1, 0.15) is 12.1 Å². The summed E-state index contributed by atoms with van der Waals surface area (Å²) in [5.41, 5.74) is 1.43. The lowest BCUT2D eigenvalue weighted by Gasteiger charge is -2.24. The van der Waals surface area contributed by atoms with Crippen molar-refractivity contribution in [1.82, 2.24) is 20.2 Å². The fraction of sp³-hybridized carbons (Fsp3) is 0.125. The minimum absolute atomic E-state index is 0.175. The summed E-state index contributed by atoms with van der Waals surface area (Å²) in [4.78, 5) is 13.5. The molecule has 1 atom stereocenters. The zero-order chi connectivity index (χ0) is 16.4. The molecule has 0 bridgehead atoms. The fourth-order valence-corrected chi connectivity index (χ4v) is 3.36. The SMILES string of the molecule is O=C(Nc1cccc(-n2cnnn2)c1)[C@H]1CSc2ccccc2O1. The van der Waals surface area contributed by atoms with Gasteiger partial charge >= 0.3 is 0 Å². The van der Waals surface area contributed by atoms with Gasteiger partial charge < -0.3 is 10.1 Å². The van der Waals surface area contributed by atoms with Crippen molar-refractivity contribution >= 4 is 23.4 Å². The monoisotopic (exact) mass is 339 g/mol. The van der Waals surface area contributed by atoms with Crippen molar-refractivity contribution in [3.8, 4) is 11.4 Å². The lowest BCUT2D eigenvalue weighted by atomic mass is 10.2. The van der Waals surface area contributed by atoms with Gasteiger partial charge in [0.05, 0.1) is 5.69 Å². The number of amides is 1. The molecule has 120 valence electrons. The molecule has 0 unspecified atom stereocenters. The summed E-state index contributed by atoms with van der Waals surface area (Å²) in [6.07, 6.45) is 0.972. The first-order valence-corrected chi connectivity index (χ1v) is 8.31. The number of para-hydroxylation sites is 1. The first-order valence-electron chi connectivity index (χ1n) is 7.32. The van der Waals surface area contributed by atoms with Gasteiger partial charge in [0.25, 0.3) is 5.91 Å². The molecule has 1 N–H and O–H groups in total. The van der Waals surface area contributed by atoms with E-state index in [0.29, 0.717) is 11.4 Å². The van der Waals surface area contributed by atoms with E-state index in [-0.39, 0.29) is 5.91 Å². The normalized spacial score (nSPS) is 16.1. The van der Waals surface area contributed by atoms with Crippen molar-refractivity contribution < 1.29 is 9.53 Å². The van der Waals surface area contributed by atoms with Gasteiger partial charge in [-0.15, -0.1) is 16.9 Å². The fourth-order valence-electron chi connectivity index (χ4n) is 2.38. The number of hydrogen-bond acceptors (Lipinski definition) is 6. The van der Waals surface area contributed by atoms with Gasteiger partial charge in [0.2, 0.25) is 0 Å². The largest absolute Gasteiger partial charge is 0.479 e. The predicted octanol–water partition coefficient (Wildman–Crippen LogP) is 2.15. The molecule has 3 aromatic rings. The second kappa shape index (κ2) is 6.32. The minimum atomic E-state index is -0.526. The van der Waals surface area contributed by atoms with E-state index in [1.165, 1.54) is 11.0 Å². The number of ether oxygens (including phenoxy) is 1. The highest BCUT2D eigenvalue weighted by Crippen LogP contribution is 2.35. The van der Waals surface area contributed by atoms with Gasteiger partial charge in [-0.25, -0.2) is 4.68 Å². The molecule has 8 heteroatoms. The Morgan fingerprint density at radius 3 is 3.04 bits per heavy atom. The molecular weight excluding hydrogens is 326 g/mol. The Balaban J connectivity index is 1.48. The zero-order valence-electron chi connectivity index (χ0n) is 12.5. The van der Waals surface area contributed by atoms with Crippen molar-refractivity contribution in [2.75, 3.05) is 11.1 Å². The van der Waals surface area contributed by atoms with Crippen LogP contribution < -0.4 is 10.1 Å². The van der Waals surface area contributed by atoms with E-state index in [2.05, 4.69) is 20.8 Å². The van der Waals surface area contributed by atoms with Crippen molar-refractivity contribution in [3.63, 3.8) is 0 Å². The Kier molecular flexibility index (Phi) is 3.87. The van der Waals surface area contributed by atoms with Gasteiger partial charge in [-0.05, 0) is 40.8 Å². The summed E-state index contributed by atoms with van der Waals surface area (Å²) < 4.78 is 7.32. The highest BCUT2D eigenvalue weighted by atomic mass is 32.2. The summed E-state index contributed by atoms with van der Waals surface area (Å²) in [6.45, 7) is 0. The number of tetrazole rings is 1. The maximum Gasteiger partial charge on any atom is 0.266 e. The van der Waals surface area contributed by atoms with Gasteiger partial charge in [0.15, 0.2) is 6.10 Å². The molecule has 0 spiro atoms. The van der Waals surface area contributed by atoms with E-state index in [9.17, 15) is 4.79 Å². The number of benzene rings is 2. The highest BCUT2D eigenvalue weighted by molar-refractivity contribution is 7.99. The van der Waals surface area contributed by atoms with Crippen molar-refractivity contribution in [2.24, 2.45) is 0 Å². The van der Waals surface area contributed by atoms with Crippen LogP contribution in [0.5, 0.6) is 5.75 Å². The molecular formula is C16H13N5O2S. The van der Waals surface area contributed by atoms with Crippen LogP contribution in [0, 0.1) is 0 Å². The molecule has 1 aliphatic rings. The number of carbonyl (C=O) groups is 1. The summed E-state index contributed by atoms with van der Waals surface area (Å²) in [5, 5.41) is 13.9. The molecule has 1 aromatic heterocycles. The van der Waals surface area contributed by atoms with E-state index in [4.69, 9.17) is 4.74 Å². The molecule has 0 fully saturated rings. The average molecular weight is 339 g/mol. The van der Waals surface area contributed by atoms with E-state index in [0.717, 1.165) is 16.3 Å². The number of hydrogen-bond donors (Lipinski definition) is 1. The Bertz CT molecular complexity index is 868. The molecule has 2 heterocycles. The van der Waals surface area contributed by atoms with Crippen LogP contribution in [0.25, 0.3) is 5.69 Å². The molecule has 2 aromatic carbocycles. The molecule has 0 saturated heterocycles. The Labute approximate surface area is 142 Å². The van der Waals surface area contributed by atoms with Crippen LogP contribution in [0.2, 0.25) is 0 Å². The topological polar surface area (TPSA) is 81.9 Å². The summed E-state index contributed by atoms with van der Waals surface area (Å²) >= 11 is 1.62. The number of anilines is 1. The number of thioether (sulfide) groups is 1. The van der Waals surface area contributed by atoms with Crippen LogP contribution in [0.4, 0.5) is 5.69 Å². The molecule has 0 aliphatic carbocycles. The van der Waals surface area contributed by atoms with E-state index >= 15 is 0 Å². The molecule has 1 aliphatic heterocycles. The standard InChI is InChI=1S/C16H13N5O2S/c22-16(14-9-24-15-7-2-1-6-13(15)23-14)18-11-4-3-5-12(8-11)21-10-17-19-20-21/h1-8,10,14H,9H2,(H,18,22)/t14-/m1/s1. The van der Waals surface area contributed by atoms with E-state index < -0.39 is 6.10 Å². The first-order chi connectivity index (χ1) is 11.8. The van der Waals surface area contributed by atoms with Crippen molar-refractivity contribution in [3.05, 3.63) is 54.9 Å². The quantitative estimate of drug-likeness (QED) is 0.787. The molecule has 0 saturated carbocycles. The van der Waals surface area contributed by atoms with Gasteiger partial charge in [-0.3, -0.25) is 4.79 Å². The maximum absolute atomic E-state index is 12.5. The number of fused-ring (bicyclic) bond motifs is 1. The summed E-state index contributed by atoms with van der Waals surface area (Å²) in [6, 6.07) is 15.0. The lowest BCUT2D eigenvalue weighted by Crippen LogP contribution is -2.36. The maximum atomic E-state index is 12.5. The number of nitrogens with zero attached hydrogens (tertiary/aromatic N) is 4. The van der Waals surface area contributed by atoms with E-state index in [1.54, 1.807) is 17.8 Å². The van der Waals surface area contributed by atoms with Gasteiger partial charge in [-0.2, -0.15) is 0 Å². The van der Waals surface area contributed by atoms with Gasteiger partial charge in [-0.1, -0.05) is 18.2 Å². The molecule has 1 amide bonds. The second-order valence-corrected chi connectivity index (χ2v) is 6.22. The third-order valence-electron chi connectivity index (χ3n) is 3.53. The number of carbonyl (C=O) groups excluding carboxylic acids is 1. The highest BCUT2D eigenvalue weighted by Gasteiger charge is 2.26.